The third-order valence-electron chi connectivity index (χ3n) is 3.88. The van der Waals surface area contributed by atoms with Gasteiger partial charge in [-0.1, -0.05) is 29.8 Å². The summed E-state index contributed by atoms with van der Waals surface area (Å²) in [7, 11) is 0. The molecule has 0 amide bonds. The number of aromatic nitrogens is 1. The van der Waals surface area contributed by atoms with Crippen molar-refractivity contribution in [1.82, 2.24) is 4.57 Å². The molecule has 3 aromatic rings. The van der Waals surface area contributed by atoms with Gasteiger partial charge in [-0.2, -0.15) is 0 Å². The van der Waals surface area contributed by atoms with Gasteiger partial charge in [-0.05, 0) is 61.9 Å². The molecule has 112 valence electrons. The van der Waals surface area contributed by atoms with Crippen molar-refractivity contribution in [2.45, 2.75) is 20.4 Å². The average molecular weight is 311 g/mol. The topological polar surface area (TPSA) is 17.0 Å². The maximum Gasteiger partial charge on any atom is 0.0456 e. The van der Waals surface area contributed by atoms with Crippen molar-refractivity contribution in [2.24, 2.45) is 0 Å². The molecule has 1 N–H and O–H groups in total. The number of nitrogens with zero attached hydrogens (tertiary/aromatic N) is 1. The molecule has 0 saturated carbocycles. The van der Waals surface area contributed by atoms with Crippen molar-refractivity contribution in [3.8, 4) is 5.69 Å². The maximum absolute atomic E-state index is 5.98. The molecule has 0 aliphatic carbocycles. The zero-order valence-corrected chi connectivity index (χ0v) is 13.6. The van der Waals surface area contributed by atoms with Gasteiger partial charge >= 0.3 is 0 Å². The fourth-order valence-electron chi connectivity index (χ4n) is 2.75. The summed E-state index contributed by atoms with van der Waals surface area (Å²) in [6.45, 7) is 5.11. The van der Waals surface area contributed by atoms with E-state index >= 15 is 0 Å². The van der Waals surface area contributed by atoms with Gasteiger partial charge in [0.05, 0.1) is 0 Å². The first-order valence-electron chi connectivity index (χ1n) is 7.38. The van der Waals surface area contributed by atoms with Crippen molar-refractivity contribution in [1.29, 1.82) is 0 Å². The molecule has 0 radical (unpaired) electrons. The molecule has 3 heteroatoms. The number of nitrogens with one attached hydrogen (secondary N) is 1. The van der Waals surface area contributed by atoms with Gasteiger partial charge in [0.1, 0.15) is 0 Å². The Morgan fingerprint density at radius 1 is 0.955 bits per heavy atom. The minimum atomic E-state index is 0.761. The van der Waals surface area contributed by atoms with Gasteiger partial charge in [0.15, 0.2) is 0 Å². The number of hydrogen-bond donors (Lipinski definition) is 1. The number of hydrogen-bond acceptors (Lipinski definition) is 1. The van der Waals surface area contributed by atoms with Gasteiger partial charge in [0.2, 0.25) is 0 Å². The van der Waals surface area contributed by atoms with Crippen LogP contribution in [0.3, 0.4) is 0 Å². The lowest BCUT2D eigenvalue weighted by molar-refractivity contribution is 0.951. The predicted molar refractivity (Wildman–Crippen MR) is 94.0 cm³/mol. The highest BCUT2D eigenvalue weighted by Gasteiger charge is 2.10. The van der Waals surface area contributed by atoms with Crippen LogP contribution in [-0.2, 0) is 6.54 Å². The van der Waals surface area contributed by atoms with Crippen molar-refractivity contribution < 1.29 is 0 Å². The van der Waals surface area contributed by atoms with E-state index in [1.807, 2.05) is 30.3 Å². The summed E-state index contributed by atoms with van der Waals surface area (Å²) < 4.78 is 2.26. The van der Waals surface area contributed by atoms with Crippen LogP contribution in [0.4, 0.5) is 5.69 Å². The Labute approximate surface area is 136 Å². The van der Waals surface area contributed by atoms with Crippen LogP contribution in [0.5, 0.6) is 0 Å². The SMILES string of the molecule is Cc1cc(CNc2ccccc2)c(C)n1-c1ccc(Cl)cc1. The minimum Gasteiger partial charge on any atom is -0.381 e. The summed E-state index contributed by atoms with van der Waals surface area (Å²) >= 11 is 5.98. The normalized spacial score (nSPS) is 10.7. The van der Waals surface area contributed by atoms with Crippen LogP contribution in [0.15, 0.2) is 60.7 Å². The second-order valence-electron chi connectivity index (χ2n) is 5.43. The molecule has 3 rings (SSSR count). The summed E-state index contributed by atoms with van der Waals surface area (Å²) in [5.74, 6) is 0. The molecule has 0 aliphatic rings. The Kier molecular flexibility index (Phi) is 4.21. The zero-order valence-electron chi connectivity index (χ0n) is 12.8. The molecule has 0 atom stereocenters. The molecule has 1 heterocycles. The van der Waals surface area contributed by atoms with Gasteiger partial charge in [0.25, 0.3) is 0 Å². The van der Waals surface area contributed by atoms with Crippen LogP contribution in [-0.4, -0.2) is 4.57 Å². The van der Waals surface area contributed by atoms with Crippen LogP contribution in [0, 0.1) is 13.8 Å². The van der Waals surface area contributed by atoms with E-state index < -0.39 is 0 Å². The maximum atomic E-state index is 5.98. The molecule has 0 fully saturated rings. The van der Waals surface area contributed by atoms with Crippen LogP contribution in [0.1, 0.15) is 17.0 Å². The molecule has 0 aliphatic heterocycles. The molecule has 0 bridgehead atoms. The van der Waals surface area contributed by atoms with Crippen molar-refractivity contribution in [3.05, 3.63) is 82.6 Å². The first-order valence-corrected chi connectivity index (χ1v) is 7.75. The lowest BCUT2D eigenvalue weighted by atomic mass is 10.2. The lowest BCUT2D eigenvalue weighted by Gasteiger charge is -2.11. The predicted octanol–water partition coefficient (Wildman–Crippen LogP) is 5.36. The van der Waals surface area contributed by atoms with Gasteiger partial charge in [-0.25, -0.2) is 0 Å². The standard InChI is InChI=1S/C19H19ClN2/c1-14-12-16(13-21-18-6-4-3-5-7-18)15(2)22(14)19-10-8-17(20)9-11-19/h3-12,21H,13H2,1-2H3. The van der Waals surface area contributed by atoms with E-state index in [0.29, 0.717) is 0 Å². The zero-order chi connectivity index (χ0) is 15.5. The quantitative estimate of drug-likeness (QED) is 0.686. The van der Waals surface area contributed by atoms with Crippen molar-refractivity contribution >= 4 is 17.3 Å². The van der Waals surface area contributed by atoms with E-state index in [1.54, 1.807) is 0 Å². The largest absolute Gasteiger partial charge is 0.381 e. The first-order chi connectivity index (χ1) is 10.6. The fraction of sp³-hybridized carbons (Fsp3) is 0.158. The van der Waals surface area contributed by atoms with E-state index in [4.69, 9.17) is 11.6 Å². The summed E-state index contributed by atoms with van der Waals surface area (Å²) in [6, 6.07) is 20.5. The van der Waals surface area contributed by atoms with Crippen molar-refractivity contribution in [2.75, 3.05) is 5.32 Å². The third-order valence-corrected chi connectivity index (χ3v) is 4.13. The van der Waals surface area contributed by atoms with Gasteiger partial charge in [-0.15, -0.1) is 0 Å². The smallest absolute Gasteiger partial charge is 0.0456 e. The second-order valence-corrected chi connectivity index (χ2v) is 5.86. The van der Waals surface area contributed by atoms with E-state index in [-0.39, 0.29) is 0 Å². The fourth-order valence-corrected chi connectivity index (χ4v) is 2.87. The summed E-state index contributed by atoms with van der Waals surface area (Å²) in [5, 5.41) is 4.23. The number of rotatable bonds is 4. The molecule has 0 saturated heterocycles. The number of para-hydroxylation sites is 1. The lowest BCUT2D eigenvalue weighted by Crippen LogP contribution is -2.02. The third kappa shape index (κ3) is 3.02. The van der Waals surface area contributed by atoms with Crippen LogP contribution >= 0.6 is 11.6 Å². The first kappa shape index (κ1) is 14.7. The van der Waals surface area contributed by atoms with Gasteiger partial charge in [-0.3, -0.25) is 0 Å². The van der Waals surface area contributed by atoms with Crippen LogP contribution in [0.2, 0.25) is 5.02 Å². The van der Waals surface area contributed by atoms with Gasteiger partial charge < -0.3 is 9.88 Å². The molecule has 1 aromatic heterocycles. The Morgan fingerprint density at radius 2 is 1.64 bits per heavy atom. The van der Waals surface area contributed by atoms with Crippen LogP contribution < -0.4 is 5.32 Å². The Bertz CT molecular complexity index is 758. The highest BCUT2D eigenvalue weighted by Crippen LogP contribution is 2.23. The van der Waals surface area contributed by atoms with E-state index in [9.17, 15) is 0 Å². The number of anilines is 1. The number of halogens is 1. The number of benzene rings is 2. The van der Waals surface area contributed by atoms with E-state index in [1.165, 1.54) is 17.0 Å². The molecule has 22 heavy (non-hydrogen) atoms. The van der Waals surface area contributed by atoms with E-state index in [0.717, 1.165) is 22.9 Å². The van der Waals surface area contributed by atoms with Gasteiger partial charge in [0, 0.05) is 34.3 Å². The molecule has 2 nitrogen and oxygen atoms in total. The molecule has 0 spiro atoms. The molecular weight excluding hydrogens is 292 g/mol. The monoisotopic (exact) mass is 310 g/mol. The van der Waals surface area contributed by atoms with Crippen molar-refractivity contribution in [3.63, 3.8) is 0 Å². The Balaban J connectivity index is 1.85. The molecular formula is C19H19ClN2. The summed E-state index contributed by atoms with van der Waals surface area (Å²) in [6.07, 6.45) is 0. The molecule has 0 unspecified atom stereocenters. The summed E-state index contributed by atoms with van der Waals surface area (Å²) in [4.78, 5) is 0. The minimum absolute atomic E-state index is 0.761. The average Bonchev–Trinajstić information content (AvgIpc) is 2.82. The highest BCUT2D eigenvalue weighted by atomic mass is 35.5. The second kappa shape index (κ2) is 6.29. The van der Waals surface area contributed by atoms with E-state index in [2.05, 4.69) is 54.1 Å². The Morgan fingerprint density at radius 3 is 2.32 bits per heavy atom. The molecule has 2 aromatic carbocycles. The Hall–Kier alpha value is -2.19. The highest BCUT2D eigenvalue weighted by molar-refractivity contribution is 6.30. The summed E-state index contributed by atoms with van der Waals surface area (Å²) in [5.41, 5.74) is 6.06. The number of aryl methyl sites for hydroxylation is 1. The van der Waals surface area contributed by atoms with Crippen LogP contribution in [0.25, 0.3) is 5.69 Å².